The fourth-order valence-electron chi connectivity index (χ4n) is 2.42. The highest BCUT2D eigenvalue weighted by molar-refractivity contribution is 6.60. The molecule has 0 bridgehead atoms. The number of carbonyl (C=O) groups is 1. The fourth-order valence-corrected chi connectivity index (χ4v) is 5.01. The summed E-state index contributed by atoms with van der Waals surface area (Å²) in [5.74, 6) is 0. The molecule has 0 aliphatic rings. The Morgan fingerprint density at radius 2 is 1.52 bits per heavy atom. The third kappa shape index (κ3) is 10.4. The summed E-state index contributed by atoms with van der Waals surface area (Å²) in [6.07, 6.45) is -1.16. The first kappa shape index (κ1) is 26.2. The van der Waals surface area contributed by atoms with Crippen LogP contribution in [0.25, 0.3) is 0 Å². The summed E-state index contributed by atoms with van der Waals surface area (Å²) in [4.78, 5) is 23.6. The van der Waals surface area contributed by atoms with Crippen molar-refractivity contribution in [2.75, 3.05) is 40.1 Å². The molecule has 2 atom stereocenters. The molecular weight excluding hydrogens is 374 g/mol. The van der Waals surface area contributed by atoms with E-state index in [1.54, 1.807) is 13.8 Å². The SMILES string of the molecule is CCOC(C)N(CCC[Si](OCC)(OCC)OCC)C(=O)OOC(C)OC. The van der Waals surface area contributed by atoms with E-state index in [0.29, 0.717) is 45.4 Å². The standard InChI is InChI=1S/C17H37NO8Si/c1-8-21-15(5)18(17(19)26-25-16(6)20-7)13-12-14-27(22-9-2,23-10-3)24-11-4/h15-16H,8-14H2,1-7H3. The number of amides is 1. The summed E-state index contributed by atoms with van der Waals surface area (Å²) in [5, 5.41) is 0. The molecule has 0 saturated heterocycles. The van der Waals surface area contributed by atoms with E-state index in [-0.39, 0.29) is 0 Å². The van der Waals surface area contributed by atoms with E-state index >= 15 is 0 Å². The molecule has 0 aromatic carbocycles. The van der Waals surface area contributed by atoms with Crippen molar-refractivity contribution >= 4 is 14.9 Å². The molecule has 1 amide bonds. The number of rotatable bonds is 16. The second-order valence-corrected chi connectivity index (χ2v) is 8.31. The molecular formula is C17H37NO8Si. The van der Waals surface area contributed by atoms with Crippen LogP contribution in [-0.2, 0) is 32.5 Å². The van der Waals surface area contributed by atoms with Crippen LogP contribution in [0.4, 0.5) is 4.79 Å². The average molecular weight is 412 g/mol. The van der Waals surface area contributed by atoms with Gasteiger partial charge in [0.05, 0.1) is 0 Å². The molecule has 0 N–H and O–H groups in total. The van der Waals surface area contributed by atoms with E-state index in [1.807, 2.05) is 27.7 Å². The van der Waals surface area contributed by atoms with Crippen LogP contribution < -0.4 is 0 Å². The summed E-state index contributed by atoms with van der Waals surface area (Å²) in [6, 6.07) is 0.584. The molecule has 162 valence electrons. The molecule has 2 unspecified atom stereocenters. The summed E-state index contributed by atoms with van der Waals surface area (Å²) in [7, 11) is -1.31. The quantitative estimate of drug-likeness (QED) is 0.166. The predicted octanol–water partition coefficient (Wildman–Crippen LogP) is 3.17. The highest BCUT2D eigenvalue weighted by Gasteiger charge is 2.40. The Hall–Kier alpha value is -0.753. The van der Waals surface area contributed by atoms with Crippen molar-refractivity contribution in [1.82, 2.24) is 4.90 Å². The van der Waals surface area contributed by atoms with Gasteiger partial charge in [0.15, 0.2) is 6.29 Å². The minimum Gasteiger partial charge on any atom is -0.374 e. The Morgan fingerprint density at radius 1 is 0.963 bits per heavy atom. The third-order valence-corrected chi connectivity index (χ3v) is 6.79. The van der Waals surface area contributed by atoms with Gasteiger partial charge < -0.3 is 22.8 Å². The summed E-state index contributed by atoms with van der Waals surface area (Å²) < 4.78 is 28.0. The van der Waals surface area contributed by atoms with Crippen molar-refractivity contribution in [3.8, 4) is 0 Å². The molecule has 9 nitrogen and oxygen atoms in total. The van der Waals surface area contributed by atoms with Gasteiger partial charge in [0.25, 0.3) is 0 Å². The third-order valence-electron chi connectivity index (χ3n) is 3.64. The van der Waals surface area contributed by atoms with Crippen molar-refractivity contribution in [3.05, 3.63) is 0 Å². The Labute approximate surface area is 164 Å². The van der Waals surface area contributed by atoms with E-state index in [0.717, 1.165) is 0 Å². The molecule has 0 aliphatic heterocycles. The van der Waals surface area contributed by atoms with Crippen LogP contribution in [0.1, 0.15) is 48.0 Å². The maximum atomic E-state index is 12.4. The molecule has 0 fully saturated rings. The number of carbonyl (C=O) groups excluding carboxylic acids is 1. The summed E-state index contributed by atoms with van der Waals surface area (Å²) >= 11 is 0. The molecule has 0 aliphatic carbocycles. The molecule has 0 rings (SSSR count). The van der Waals surface area contributed by atoms with E-state index in [2.05, 4.69) is 0 Å². The van der Waals surface area contributed by atoms with Crippen molar-refractivity contribution < 1.29 is 37.3 Å². The van der Waals surface area contributed by atoms with Gasteiger partial charge in [-0.15, -0.1) is 0 Å². The lowest BCUT2D eigenvalue weighted by Crippen LogP contribution is -2.47. The lowest BCUT2D eigenvalue weighted by molar-refractivity contribution is -0.333. The van der Waals surface area contributed by atoms with E-state index in [1.165, 1.54) is 12.0 Å². The lowest BCUT2D eigenvalue weighted by Gasteiger charge is -2.31. The maximum absolute atomic E-state index is 12.4. The average Bonchev–Trinajstić information content (AvgIpc) is 2.63. The normalized spacial score (nSPS) is 14.0. The second-order valence-electron chi connectivity index (χ2n) is 5.58. The zero-order chi connectivity index (χ0) is 20.7. The van der Waals surface area contributed by atoms with E-state index in [9.17, 15) is 4.79 Å². The second kappa shape index (κ2) is 15.2. The molecule has 27 heavy (non-hydrogen) atoms. The van der Waals surface area contributed by atoms with E-state index in [4.69, 9.17) is 32.5 Å². The molecule has 0 saturated carbocycles. The minimum absolute atomic E-state index is 0.382. The van der Waals surface area contributed by atoms with Crippen molar-refractivity contribution in [3.63, 3.8) is 0 Å². The first-order valence-electron chi connectivity index (χ1n) is 9.59. The van der Waals surface area contributed by atoms with Crippen LogP contribution in [0, 0.1) is 0 Å². The van der Waals surface area contributed by atoms with Crippen molar-refractivity contribution in [1.29, 1.82) is 0 Å². The largest absolute Gasteiger partial charge is 0.500 e. The van der Waals surface area contributed by atoms with Gasteiger partial charge in [0.1, 0.15) is 6.23 Å². The first-order valence-corrected chi connectivity index (χ1v) is 11.5. The van der Waals surface area contributed by atoms with Gasteiger partial charge in [-0.05, 0) is 48.0 Å². The number of methoxy groups -OCH3 is 1. The Bertz CT molecular complexity index is 371. The maximum Gasteiger partial charge on any atom is 0.500 e. The molecule has 0 aromatic rings. The monoisotopic (exact) mass is 411 g/mol. The Morgan fingerprint density at radius 3 is 1.96 bits per heavy atom. The van der Waals surface area contributed by atoms with Crippen LogP contribution >= 0.6 is 0 Å². The zero-order valence-corrected chi connectivity index (χ0v) is 18.8. The smallest absolute Gasteiger partial charge is 0.374 e. The molecule has 0 radical (unpaired) electrons. The summed E-state index contributed by atoms with van der Waals surface area (Å²) in [5.41, 5.74) is 0. The van der Waals surface area contributed by atoms with Gasteiger partial charge >= 0.3 is 14.9 Å². The van der Waals surface area contributed by atoms with Crippen LogP contribution in [-0.4, -0.2) is 72.4 Å². The van der Waals surface area contributed by atoms with Gasteiger partial charge in [-0.3, -0.25) is 9.79 Å². The van der Waals surface area contributed by atoms with Crippen LogP contribution in [0.2, 0.25) is 6.04 Å². The van der Waals surface area contributed by atoms with Gasteiger partial charge in [0, 0.05) is 46.1 Å². The zero-order valence-electron chi connectivity index (χ0n) is 17.8. The van der Waals surface area contributed by atoms with Crippen molar-refractivity contribution in [2.24, 2.45) is 0 Å². The van der Waals surface area contributed by atoms with Gasteiger partial charge in [-0.25, -0.2) is 4.79 Å². The number of nitrogens with zero attached hydrogens (tertiary/aromatic N) is 1. The fraction of sp³-hybridized carbons (Fsp3) is 0.941. The predicted molar refractivity (Wildman–Crippen MR) is 102 cm³/mol. The van der Waals surface area contributed by atoms with Crippen LogP contribution in [0.5, 0.6) is 0 Å². The van der Waals surface area contributed by atoms with Crippen LogP contribution in [0.15, 0.2) is 0 Å². The minimum atomic E-state index is -2.76. The van der Waals surface area contributed by atoms with Gasteiger partial charge in [0.2, 0.25) is 0 Å². The summed E-state index contributed by atoms with van der Waals surface area (Å²) in [6.45, 7) is 13.4. The molecule has 0 aromatic heterocycles. The topological polar surface area (TPSA) is 84.9 Å². The molecule has 0 heterocycles. The van der Waals surface area contributed by atoms with Crippen molar-refractivity contribution in [2.45, 2.75) is 66.5 Å². The highest BCUT2D eigenvalue weighted by atomic mass is 28.4. The Balaban J connectivity index is 4.91. The van der Waals surface area contributed by atoms with Gasteiger partial charge in [-0.2, -0.15) is 4.89 Å². The molecule has 0 spiro atoms. The first-order chi connectivity index (χ1) is 12.9. The van der Waals surface area contributed by atoms with Gasteiger partial charge in [-0.1, -0.05) is 0 Å². The number of ether oxygens (including phenoxy) is 2. The van der Waals surface area contributed by atoms with Crippen LogP contribution in [0.3, 0.4) is 0 Å². The molecule has 10 heteroatoms. The van der Waals surface area contributed by atoms with E-state index < -0.39 is 27.4 Å². The lowest BCUT2D eigenvalue weighted by atomic mass is 10.4. The Kier molecular flexibility index (Phi) is 14.8. The number of hydrogen-bond acceptors (Lipinski definition) is 8. The number of hydrogen-bond donors (Lipinski definition) is 0. The highest BCUT2D eigenvalue weighted by Crippen LogP contribution is 2.19.